The lowest BCUT2D eigenvalue weighted by atomic mass is 9.97. The smallest absolute Gasteiger partial charge is 0.339 e. The molecule has 1 aromatic heterocycles. The van der Waals surface area contributed by atoms with Gasteiger partial charge < -0.3 is 4.74 Å². The van der Waals surface area contributed by atoms with Gasteiger partial charge in [-0.25, -0.2) is 9.18 Å². The number of carbonyl (C=O) groups excluding carboxylic acids is 1. The minimum absolute atomic E-state index is 0.303. The highest BCUT2D eigenvalue weighted by molar-refractivity contribution is 6.05. The highest BCUT2D eigenvalue weighted by atomic mass is 19.1. The van der Waals surface area contributed by atoms with Gasteiger partial charge in [0.25, 0.3) is 0 Å². The third kappa shape index (κ3) is 3.57. The largest absolute Gasteiger partial charge is 0.454 e. The molecule has 0 aliphatic heterocycles. The second-order valence-corrected chi connectivity index (χ2v) is 7.09. The molecule has 4 rings (SSSR count). The summed E-state index contributed by atoms with van der Waals surface area (Å²) in [6.45, 7) is 1.81. The van der Waals surface area contributed by atoms with E-state index in [1.54, 1.807) is 12.1 Å². The number of fused-ring (bicyclic) bond motifs is 2. The van der Waals surface area contributed by atoms with Crippen LogP contribution in [-0.2, 0) is 17.6 Å². The fraction of sp³-hybridized carbons (Fsp3) is 0.304. The van der Waals surface area contributed by atoms with E-state index in [9.17, 15) is 9.18 Å². The lowest BCUT2D eigenvalue weighted by Gasteiger charge is -2.18. The fourth-order valence-corrected chi connectivity index (χ4v) is 3.80. The number of pyridine rings is 1. The van der Waals surface area contributed by atoms with E-state index in [1.165, 1.54) is 12.1 Å². The van der Waals surface area contributed by atoms with Crippen LogP contribution in [0.5, 0.6) is 0 Å². The van der Waals surface area contributed by atoms with Crippen molar-refractivity contribution in [3.63, 3.8) is 0 Å². The summed E-state index contributed by atoms with van der Waals surface area (Å²) in [4.78, 5) is 18.0. The molecule has 0 bridgehead atoms. The summed E-state index contributed by atoms with van der Waals surface area (Å²) in [6.07, 6.45) is 4.59. The summed E-state index contributed by atoms with van der Waals surface area (Å²) >= 11 is 0. The van der Waals surface area contributed by atoms with Gasteiger partial charge in [0, 0.05) is 11.1 Å². The van der Waals surface area contributed by atoms with Gasteiger partial charge in [-0.1, -0.05) is 36.8 Å². The predicted octanol–water partition coefficient (Wildman–Crippen LogP) is 5.56. The van der Waals surface area contributed by atoms with Gasteiger partial charge in [0.1, 0.15) is 11.9 Å². The Hall–Kier alpha value is -2.75. The number of rotatable bonds is 3. The summed E-state index contributed by atoms with van der Waals surface area (Å²) in [5, 5.41) is 0.842. The standard InChI is InChI=1S/C23H22FNO2/c1-15(16-11-13-17(24)14-12-16)27-23(26)22-18-7-3-2-4-9-20(18)25-21-10-6-5-8-19(21)22/h5-6,8,10-15H,2-4,7,9H2,1H3/t15-/m0/s1. The first-order valence-corrected chi connectivity index (χ1v) is 9.50. The number of hydrogen-bond acceptors (Lipinski definition) is 3. The first-order chi connectivity index (χ1) is 13.1. The molecule has 3 nitrogen and oxygen atoms in total. The van der Waals surface area contributed by atoms with Crippen LogP contribution in [0.15, 0.2) is 48.5 Å². The van der Waals surface area contributed by atoms with Crippen LogP contribution >= 0.6 is 0 Å². The summed E-state index contributed by atoms with van der Waals surface area (Å²) in [5.74, 6) is -0.633. The second-order valence-electron chi connectivity index (χ2n) is 7.09. The highest BCUT2D eigenvalue weighted by Crippen LogP contribution is 2.30. The SMILES string of the molecule is C[C@H](OC(=O)c1c2c(nc3ccccc13)CCCCC2)c1ccc(F)cc1. The Balaban J connectivity index is 1.74. The highest BCUT2D eigenvalue weighted by Gasteiger charge is 2.24. The van der Waals surface area contributed by atoms with Crippen LogP contribution in [0, 0.1) is 5.82 Å². The number of para-hydroxylation sites is 1. The summed E-state index contributed by atoms with van der Waals surface area (Å²) in [6, 6.07) is 13.8. The molecule has 2 aromatic carbocycles. The van der Waals surface area contributed by atoms with E-state index in [1.807, 2.05) is 31.2 Å². The molecular weight excluding hydrogens is 341 g/mol. The van der Waals surface area contributed by atoms with Crippen molar-refractivity contribution in [1.82, 2.24) is 4.98 Å². The zero-order chi connectivity index (χ0) is 18.8. The molecule has 0 saturated heterocycles. The summed E-state index contributed by atoms with van der Waals surface area (Å²) in [7, 11) is 0. The van der Waals surface area contributed by atoms with Crippen LogP contribution in [0.2, 0.25) is 0 Å². The van der Waals surface area contributed by atoms with E-state index >= 15 is 0 Å². The molecule has 4 heteroatoms. The zero-order valence-electron chi connectivity index (χ0n) is 15.4. The first kappa shape index (κ1) is 17.7. The first-order valence-electron chi connectivity index (χ1n) is 9.50. The lowest BCUT2D eigenvalue weighted by Crippen LogP contribution is -2.14. The van der Waals surface area contributed by atoms with Crippen molar-refractivity contribution < 1.29 is 13.9 Å². The van der Waals surface area contributed by atoms with Crippen LogP contribution in [0.4, 0.5) is 4.39 Å². The third-order valence-electron chi connectivity index (χ3n) is 5.25. The van der Waals surface area contributed by atoms with Gasteiger partial charge in [0.05, 0.1) is 11.1 Å². The third-order valence-corrected chi connectivity index (χ3v) is 5.25. The molecule has 1 aliphatic carbocycles. The molecule has 1 atom stereocenters. The van der Waals surface area contributed by atoms with E-state index in [0.29, 0.717) is 5.56 Å². The van der Waals surface area contributed by atoms with Crippen molar-refractivity contribution in [2.24, 2.45) is 0 Å². The van der Waals surface area contributed by atoms with Crippen LogP contribution in [-0.4, -0.2) is 11.0 Å². The average Bonchev–Trinajstić information content (AvgIpc) is 2.91. The number of aryl methyl sites for hydroxylation is 1. The van der Waals surface area contributed by atoms with E-state index in [4.69, 9.17) is 9.72 Å². The maximum atomic E-state index is 13.2. The molecule has 0 saturated carbocycles. The molecule has 3 aromatic rings. The number of hydrogen-bond donors (Lipinski definition) is 0. The van der Waals surface area contributed by atoms with Gasteiger partial charge in [-0.3, -0.25) is 4.98 Å². The van der Waals surface area contributed by atoms with E-state index in [2.05, 4.69) is 0 Å². The Morgan fingerprint density at radius 2 is 1.78 bits per heavy atom. The van der Waals surface area contributed by atoms with Crippen LogP contribution < -0.4 is 0 Å². The van der Waals surface area contributed by atoms with Gasteiger partial charge >= 0.3 is 5.97 Å². The normalized spacial score (nSPS) is 15.0. The van der Waals surface area contributed by atoms with Crippen molar-refractivity contribution in [2.45, 2.75) is 45.1 Å². The number of carbonyl (C=O) groups is 1. The lowest BCUT2D eigenvalue weighted by molar-refractivity contribution is 0.0338. The molecule has 0 fully saturated rings. The van der Waals surface area contributed by atoms with Crippen molar-refractivity contribution in [2.75, 3.05) is 0 Å². The maximum absolute atomic E-state index is 13.2. The molecular formula is C23H22FNO2. The molecule has 0 N–H and O–H groups in total. The molecule has 138 valence electrons. The van der Waals surface area contributed by atoms with Crippen molar-refractivity contribution in [1.29, 1.82) is 0 Å². The van der Waals surface area contributed by atoms with Crippen LogP contribution in [0.1, 0.15) is 59.5 Å². The monoisotopic (exact) mass is 363 g/mol. The molecule has 27 heavy (non-hydrogen) atoms. The van der Waals surface area contributed by atoms with Gasteiger partial charge in [-0.15, -0.1) is 0 Å². The number of benzene rings is 2. The predicted molar refractivity (Wildman–Crippen MR) is 103 cm³/mol. The Bertz CT molecular complexity index is 982. The van der Waals surface area contributed by atoms with E-state index < -0.39 is 6.10 Å². The van der Waals surface area contributed by atoms with Gasteiger partial charge in [-0.2, -0.15) is 0 Å². The van der Waals surface area contributed by atoms with E-state index in [0.717, 1.165) is 59.8 Å². The molecule has 0 radical (unpaired) electrons. The Morgan fingerprint density at radius 1 is 1.04 bits per heavy atom. The summed E-state index contributed by atoms with van der Waals surface area (Å²) in [5.41, 5.74) is 4.30. The van der Waals surface area contributed by atoms with Gasteiger partial charge in [0.2, 0.25) is 0 Å². The van der Waals surface area contributed by atoms with Gasteiger partial charge in [-0.05, 0) is 61.9 Å². The summed E-state index contributed by atoms with van der Waals surface area (Å²) < 4.78 is 19.0. The number of halogens is 1. The molecule has 1 heterocycles. The Morgan fingerprint density at radius 3 is 2.59 bits per heavy atom. The molecule has 0 amide bonds. The Kier molecular flexibility index (Phi) is 4.88. The second kappa shape index (κ2) is 7.47. The fourth-order valence-electron chi connectivity index (χ4n) is 3.80. The van der Waals surface area contributed by atoms with Crippen LogP contribution in [0.25, 0.3) is 10.9 Å². The minimum Gasteiger partial charge on any atom is -0.454 e. The molecule has 1 aliphatic rings. The van der Waals surface area contributed by atoms with E-state index in [-0.39, 0.29) is 11.8 Å². The topological polar surface area (TPSA) is 39.2 Å². The average molecular weight is 363 g/mol. The molecule has 0 unspecified atom stereocenters. The van der Waals surface area contributed by atoms with Gasteiger partial charge in [0.15, 0.2) is 0 Å². The number of ether oxygens (including phenoxy) is 1. The van der Waals surface area contributed by atoms with Crippen LogP contribution in [0.3, 0.4) is 0 Å². The maximum Gasteiger partial charge on any atom is 0.339 e. The minimum atomic E-state index is -0.452. The molecule has 0 spiro atoms. The number of nitrogens with zero attached hydrogens (tertiary/aromatic N) is 1. The van der Waals surface area contributed by atoms with Crippen molar-refractivity contribution >= 4 is 16.9 Å². The van der Waals surface area contributed by atoms with Crippen molar-refractivity contribution in [3.05, 3.63) is 76.7 Å². The number of esters is 1. The zero-order valence-corrected chi connectivity index (χ0v) is 15.4. The Labute approximate surface area is 158 Å². The van der Waals surface area contributed by atoms with Crippen molar-refractivity contribution in [3.8, 4) is 0 Å². The number of aromatic nitrogens is 1. The quantitative estimate of drug-likeness (QED) is 0.452.